The molecule has 3 nitrogen and oxygen atoms in total. The van der Waals surface area contributed by atoms with Crippen LogP contribution >= 0.6 is 0 Å². The maximum Gasteiger partial charge on any atom is 0.227 e. The number of hydrogen-bond acceptors (Lipinski definition) is 2. The molecule has 0 aromatic carbocycles. The average molecular weight is 266 g/mol. The van der Waals surface area contributed by atoms with Crippen molar-refractivity contribution in [2.45, 2.75) is 53.9 Å². The van der Waals surface area contributed by atoms with E-state index in [0.717, 1.165) is 38.9 Å². The largest absolute Gasteiger partial charge is 0.355 e. The average Bonchev–Trinajstić information content (AvgIpc) is 2.77. The Hall–Kier alpha value is -0.570. The third-order valence-corrected chi connectivity index (χ3v) is 6.42. The van der Waals surface area contributed by atoms with Crippen LogP contribution in [0.1, 0.15) is 53.9 Å². The van der Waals surface area contributed by atoms with Gasteiger partial charge in [-0.15, -0.1) is 0 Å². The monoisotopic (exact) mass is 266 g/mol. The van der Waals surface area contributed by atoms with Gasteiger partial charge in [0, 0.05) is 13.1 Å². The zero-order valence-corrected chi connectivity index (χ0v) is 13.2. The fourth-order valence-corrected chi connectivity index (χ4v) is 3.85. The summed E-state index contributed by atoms with van der Waals surface area (Å²) in [6.07, 6.45) is 3.07. The van der Waals surface area contributed by atoms with E-state index in [1.54, 1.807) is 0 Å². The van der Waals surface area contributed by atoms with Crippen molar-refractivity contribution in [3.8, 4) is 0 Å². The summed E-state index contributed by atoms with van der Waals surface area (Å²) in [5, 5.41) is 6.62. The summed E-state index contributed by atoms with van der Waals surface area (Å²) < 4.78 is 0. The molecule has 2 fully saturated rings. The van der Waals surface area contributed by atoms with E-state index in [0.29, 0.717) is 16.7 Å². The van der Waals surface area contributed by atoms with Crippen molar-refractivity contribution >= 4 is 5.91 Å². The molecule has 0 bridgehead atoms. The first-order chi connectivity index (χ1) is 8.78. The highest BCUT2D eigenvalue weighted by atomic mass is 16.2. The topological polar surface area (TPSA) is 41.1 Å². The summed E-state index contributed by atoms with van der Waals surface area (Å²) in [7, 11) is 0. The minimum Gasteiger partial charge on any atom is -0.355 e. The lowest BCUT2D eigenvalue weighted by atomic mass is 9.77. The summed E-state index contributed by atoms with van der Waals surface area (Å²) >= 11 is 0. The zero-order chi connectivity index (χ0) is 14.3. The fourth-order valence-electron chi connectivity index (χ4n) is 3.85. The fraction of sp³-hybridized carbons (Fsp3) is 0.938. The second-order valence-corrected chi connectivity index (χ2v) is 7.62. The van der Waals surface area contributed by atoms with Crippen LogP contribution in [0.2, 0.25) is 0 Å². The Morgan fingerprint density at radius 1 is 1.26 bits per heavy atom. The third-order valence-electron chi connectivity index (χ3n) is 6.42. The van der Waals surface area contributed by atoms with Gasteiger partial charge < -0.3 is 10.6 Å². The molecule has 2 rings (SSSR count). The molecule has 110 valence electrons. The van der Waals surface area contributed by atoms with Gasteiger partial charge in [0.05, 0.1) is 5.41 Å². The number of piperidine rings is 1. The highest BCUT2D eigenvalue weighted by Gasteiger charge is 2.64. The summed E-state index contributed by atoms with van der Waals surface area (Å²) in [4.78, 5) is 12.6. The number of carbonyl (C=O) groups excluding carboxylic acids is 1. The lowest BCUT2D eigenvalue weighted by Crippen LogP contribution is -2.50. The van der Waals surface area contributed by atoms with Crippen molar-refractivity contribution in [3.05, 3.63) is 0 Å². The summed E-state index contributed by atoms with van der Waals surface area (Å²) in [5.74, 6) is 0.870. The van der Waals surface area contributed by atoms with Crippen molar-refractivity contribution in [1.29, 1.82) is 0 Å². The van der Waals surface area contributed by atoms with Crippen LogP contribution in [0.15, 0.2) is 0 Å². The van der Waals surface area contributed by atoms with Gasteiger partial charge in [-0.2, -0.15) is 0 Å². The number of rotatable bonds is 4. The molecule has 2 N–H and O–H groups in total. The van der Waals surface area contributed by atoms with Gasteiger partial charge in [-0.05, 0) is 42.6 Å². The second kappa shape index (κ2) is 4.76. The minimum atomic E-state index is -0.165. The maximum absolute atomic E-state index is 12.6. The van der Waals surface area contributed by atoms with E-state index >= 15 is 0 Å². The van der Waals surface area contributed by atoms with Crippen molar-refractivity contribution in [2.24, 2.45) is 22.2 Å². The van der Waals surface area contributed by atoms with Crippen molar-refractivity contribution < 1.29 is 4.79 Å². The minimum absolute atomic E-state index is 0.165. The van der Waals surface area contributed by atoms with Gasteiger partial charge in [0.25, 0.3) is 0 Å². The Bertz CT molecular complexity index is 340. The smallest absolute Gasteiger partial charge is 0.227 e. The first-order valence-corrected chi connectivity index (χ1v) is 7.77. The van der Waals surface area contributed by atoms with Crippen LogP contribution < -0.4 is 10.6 Å². The molecule has 0 aromatic heterocycles. The number of amides is 1. The molecule has 1 heterocycles. The van der Waals surface area contributed by atoms with E-state index in [1.807, 2.05) is 0 Å². The van der Waals surface area contributed by atoms with Crippen LogP contribution in [-0.4, -0.2) is 25.5 Å². The van der Waals surface area contributed by atoms with E-state index in [1.165, 1.54) is 0 Å². The molecular weight excluding hydrogens is 236 g/mol. The first kappa shape index (κ1) is 14.8. The van der Waals surface area contributed by atoms with Crippen molar-refractivity contribution in [1.82, 2.24) is 10.6 Å². The molecule has 0 radical (unpaired) electrons. The van der Waals surface area contributed by atoms with Gasteiger partial charge in [-0.3, -0.25) is 4.79 Å². The van der Waals surface area contributed by atoms with E-state index in [4.69, 9.17) is 0 Å². The number of nitrogens with one attached hydrogen (secondary N) is 2. The molecule has 1 saturated carbocycles. The molecule has 3 heteroatoms. The maximum atomic E-state index is 12.6. The van der Waals surface area contributed by atoms with Crippen LogP contribution in [0.5, 0.6) is 0 Å². The SMILES string of the molecule is CCC1(C(=O)NCC2C(C)(C)C2(C)C)CCCNC1. The van der Waals surface area contributed by atoms with Gasteiger partial charge in [0.1, 0.15) is 0 Å². The van der Waals surface area contributed by atoms with Gasteiger partial charge in [0.15, 0.2) is 0 Å². The zero-order valence-electron chi connectivity index (χ0n) is 13.2. The van der Waals surface area contributed by atoms with E-state index in [9.17, 15) is 4.79 Å². The van der Waals surface area contributed by atoms with Crippen molar-refractivity contribution in [2.75, 3.05) is 19.6 Å². The Kier molecular flexibility index (Phi) is 3.72. The summed E-state index contributed by atoms with van der Waals surface area (Å²) in [6, 6.07) is 0. The van der Waals surface area contributed by atoms with Crippen LogP contribution in [0, 0.1) is 22.2 Å². The molecular formula is C16H30N2O. The summed E-state index contributed by atoms with van der Waals surface area (Å²) in [5.41, 5.74) is 0.538. The quantitative estimate of drug-likeness (QED) is 0.821. The molecule has 1 amide bonds. The van der Waals surface area contributed by atoms with E-state index in [2.05, 4.69) is 45.3 Å². The Morgan fingerprint density at radius 2 is 1.89 bits per heavy atom. The highest BCUT2D eigenvalue weighted by molar-refractivity contribution is 5.83. The van der Waals surface area contributed by atoms with Gasteiger partial charge in [-0.1, -0.05) is 34.6 Å². The molecule has 1 saturated heterocycles. The lowest BCUT2D eigenvalue weighted by Gasteiger charge is -2.35. The molecule has 0 aromatic rings. The molecule has 0 spiro atoms. The van der Waals surface area contributed by atoms with Crippen LogP contribution in [0.25, 0.3) is 0 Å². The molecule has 1 atom stereocenters. The van der Waals surface area contributed by atoms with Gasteiger partial charge in [-0.25, -0.2) is 0 Å². The first-order valence-electron chi connectivity index (χ1n) is 7.77. The third kappa shape index (κ3) is 2.31. The Labute approximate surface area is 117 Å². The second-order valence-electron chi connectivity index (χ2n) is 7.62. The van der Waals surface area contributed by atoms with Gasteiger partial charge >= 0.3 is 0 Å². The van der Waals surface area contributed by atoms with Gasteiger partial charge in [0.2, 0.25) is 5.91 Å². The molecule has 1 aliphatic heterocycles. The summed E-state index contributed by atoms with van der Waals surface area (Å²) in [6.45, 7) is 14.1. The molecule has 19 heavy (non-hydrogen) atoms. The highest BCUT2D eigenvalue weighted by Crippen LogP contribution is 2.67. The van der Waals surface area contributed by atoms with Crippen LogP contribution in [-0.2, 0) is 4.79 Å². The van der Waals surface area contributed by atoms with E-state index < -0.39 is 0 Å². The molecule has 1 unspecified atom stereocenters. The predicted molar refractivity (Wildman–Crippen MR) is 78.9 cm³/mol. The van der Waals surface area contributed by atoms with E-state index in [-0.39, 0.29) is 11.3 Å². The van der Waals surface area contributed by atoms with Crippen molar-refractivity contribution in [3.63, 3.8) is 0 Å². The van der Waals surface area contributed by atoms with Crippen LogP contribution in [0.4, 0.5) is 0 Å². The number of carbonyl (C=O) groups is 1. The molecule has 2 aliphatic rings. The Balaban J connectivity index is 1.91. The normalized spacial score (nSPS) is 32.9. The molecule has 1 aliphatic carbocycles. The standard InChI is InChI=1S/C16H30N2O/c1-6-16(8-7-9-17-11-16)13(19)18-10-12-14(2,3)15(12,4)5/h12,17H,6-11H2,1-5H3,(H,18,19). The van der Waals surface area contributed by atoms with Crippen LogP contribution in [0.3, 0.4) is 0 Å². The predicted octanol–water partition coefficient (Wildman–Crippen LogP) is 2.56. The number of hydrogen-bond donors (Lipinski definition) is 2. The Morgan fingerprint density at radius 3 is 2.32 bits per heavy atom. The lowest BCUT2D eigenvalue weighted by molar-refractivity contribution is -0.132.